The van der Waals surface area contributed by atoms with E-state index in [1.807, 2.05) is 0 Å². The molecule has 0 amide bonds. The van der Waals surface area contributed by atoms with Gasteiger partial charge in [-0.3, -0.25) is 0 Å². The predicted molar refractivity (Wildman–Crippen MR) is 416 cm³/mol. The van der Waals surface area contributed by atoms with Gasteiger partial charge in [0.1, 0.15) is 33.6 Å². The maximum absolute atomic E-state index is 11.9. The fourth-order valence-electron chi connectivity index (χ4n) is 27.0. The molecule has 19 saturated carbocycles. The lowest BCUT2D eigenvalue weighted by molar-refractivity contribution is -0.199. The van der Waals surface area contributed by atoms with E-state index in [0.29, 0.717) is 57.1 Å². The van der Waals surface area contributed by atoms with Crippen LogP contribution in [0, 0.1) is 117 Å². The SMILES string of the molecule is C=C(C)C(=O)OC(C)(C)C12CC3CC(CC(C3)C1)C2.C=C(C)C(=O)OC(C)(C)C12CC3CC(CC1C3)C2.C=C(C)C(=O)OC1(C)C2CC3CC(C2)CC1C3.C=C(C)C(=O)OC1(C)CC2CC1C1CCCC21.C=C(C)C(=O)OC1(C)CCC2CCCCC2C1.C=C(C)C(=O)OC1(C)CCCC2CCCCC21. The molecule has 19 rings (SSSR count). The van der Waals surface area contributed by atoms with Crippen molar-refractivity contribution >= 4 is 35.8 Å². The van der Waals surface area contributed by atoms with E-state index in [-0.39, 0.29) is 80.3 Å². The van der Waals surface area contributed by atoms with Crippen LogP contribution in [-0.2, 0) is 57.2 Å². The summed E-state index contributed by atoms with van der Waals surface area (Å²) in [4.78, 5) is 70.8. The summed E-state index contributed by atoms with van der Waals surface area (Å²) in [6.07, 6.45) is 45.2. The first kappa shape index (κ1) is 81.3. The number of carbonyl (C=O) groups excluding carboxylic acids is 6. The standard InChI is InChI=1S/C17H26O2.C16H24O2.2C15H22O2.2C15H24O2/c1-11(2)15(18)19-16(3,4)17-8-12-5-13(9-17)7-14(6-12)10-17;1-10(2)14(17)18-15(3,4)16-8-11-5-12(9-16)7-13(16)6-11;1-9(2)14(16)17-15(3)12-5-10-4-11(7-12)8-13(15)6-10;1-9(2)14(16)17-15(3)8-10-7-13(15)12-6-4-5-11(10)12;1-11(2)14(16)17-15(3)10-6-8-12-7-4-5-9-13(12)15;1-11(2)14(16)17-15(3)9-8-12-6-4-5-7-13(12)10-15/h12-14H,1,5-10H2,2-4H3;11-13H,1,5-9H2,2-4H3;2*10-13H,1,4-8H2,2-3H3;2*12-13H,1,4-10H2,2-3H3. The number of rotatable bonds is 14. The summed E-state index contributed by atoms with van der Waals surface area (Å²) in [5.41, 5.74) is 2.02. The highest BCUT2D eigenvalue weighted by atomic mass is 16.6. The van der Waals surface area contributed by atoms with E-state index in [1.54, 1.807) is 41.5 Å². The van der Waals surface area contributed by atoms with Crippen molar-refractivity contribution in [2.45, 2.75) is 355 Å². The van der Waals surface area contributed by atoms with E-state index < -0.39 is 0 Å². The van der Waals surface area contributed by atoms with Crippen molar-refractivity contribution in [2.24, 2.45) is 117 Å². The van der Waals surface area contributed by atoms with Crippen LogP contribution in [0.3, 0.4) is 0 Å². The van der Waals surface area contributed by atoms with Crippen LogP contribution >= 0.6 is 0 Å². The highest BCUT2D eigenvalue weighted by Gasteiger charge is 2.66. The van der Waals surface area contributed by atoms with Crippen LogP contribution in [-0.4, -0.2) is 69.4 Å². The van der Waals surface area contributed by atoms with E-state index in [9.17, 15) is 28.8 Å². The van der Waals surface area contributed by atoms with Crippen molar-refractivity contribution in [3.63, 3.8) is 0 Å². The Hall–Kier alpha value is -4.74. The Morgan fingerprint density at radius 2 is 0.733 bits per heavy atom. The highest BCUT2D eigenvalue weighted by Crippen LogP contribution is 2.70. The highest BCUT2D eigenvalue weighted by molar-refractivity contribution is 5.89. The van der Waals surface area contributed by atoms with Crippen LogP contribution in [0.4, 0.5) is 0 Å². The van der Waals surface area contributed by atoms with Crippen LogP contribution in [0.25, 0.3) is 0 Å². The Bertz CT molecular complexity index is 3240. The van der Waals surface area contributed by atoms with Gasteiger partial charge in [-0.1, -0.05) is 90.8 Å². The maximum atomic E-state index is 11.9. The maximum Gasteiger partial charge on any atom is 0.333 e. The summed E-state index contributed by atoms with van der Waals surface area (Å²) in [7, 11) is 0. The van der Waals surface area contributed by atoms with Crippen LogP contribution in [0.2, 0.25) is 0 Å². The molecule has 19 fully saturated rings. The molecule has 0 N–H and O–H groups in total. The predicted octanol–water partition coefficient (Wildman–Crippen LogP) is 22.2. The Morgan fingerprint density at radius 1 is 0.324 bits per heavy atom. The number of carbonyl (C=O) groups is 6. The second-order valence-corrected chi connectivity index (χ2v) is 40.7. The first-order valence-electron chi connectivity index (χ1n) is 42.5. The molecule has 0 aromatic heterocycles. The molecule has 19 aliphatic rings. The van der Waals surface area contributed by atoms with Gasteiger partial charge >= 0.3 is 35.8 Å². The van der Waals surface area contributed by atoms with E-state index in [0.717, 1.165) is 109 Å². The van der Waals surface area contributed by atoms with Crippen molar-refractivity contribution < 1.29 is 57.2 Å². The van der Waals surface area contributed by atoms with Gasteiger partial charge in [-0.25, -0.2) is 28.8 Å². The number of fused-ring (bicyclic) bond motifs is 7. The lowest BCUT2D eigenvalue weighted by Gasteiger charge is -2.61. The second-order valence-electron chi connectivity index (χ2n) is 40.7. The van der Waals surface area contributed by atoms with Crippen molar-refractivity contribution in [1.82, 2.24) is 0 Å². The summed E-state index contributed by atoms with van der Waals surface area (Å²) < 4.78 is 34.7. The molecule has 12 heteroatoms. The Kier molecular flexibility index (Phi) is 24.4. The molecular weight excluding hydrogens is 1310 g/mol. The molecular formula is C93H142O12. The summed E-state index contributed by atoms with van der Waals surface area (Å²) in [5.74, 6) is 13.2. The van der Waals surface area contributed by atoms with Crippen molar-refractivity contribution in [3.05, 3.63) is 72.9 Å². The van der Waals surface area contributed by atoms with Crippen LogP contribution < -0.4 is 0 Å². The molecule has 0 aromatic carbocycles. The summed E-state index contributed by atoms with van der Waals surface area (Å²) in [6.45, 7) is 49.6. The van der Waals surface area contributed by atoms with Crippen LogP contribution in [0.15, 0.2) is 72.9 Å². The molecule has 586 valence electrons. The van der Waals surface area contributed by atoms with Gasteiger partial charge in [0.05, 0.1) is 0 Å². The third-order valence-corrected chi connectivity index (χ3v) is 31.9. The first-order valence-corrected chi connectivity index (χ1v) is 42.5. The monoisotopic (exact) mass is 1450 g/mol. The molecule has 13 unspecified atom stereocenters. The van der Waals surface area contributed by atoms with Gasteiger partial charge in [0.15, 0.2) is 0 Å². The molecule has 0 radical (unpaired) electrons. The molecule has 19 aliphatic carbocycles. The third kappa shape index (κ3) is 17.3. The molecule has 13 atom stereocenters. The van der Waals surface area contributed by atoms with Gasteiger partial charge in [-0.05, 0) is 365 Å². The molecule has 14 bridgehead atoms. The van der Waals surface area contributed by atoms with Gasteiger partial charge in [0.2, 0.25) is 0 Å². The molecule has 105 heavy (non-hydrogen) atoms. The molecule has 12 nitrogen and oxygen atoms in total. The quantitative estimate of drug-likeness (QED) is 0.0922. The normalized spacial score (nSPS) is 41.5. The van der Waals surface area contributed by atoms with Crippen molar-refractivity contribution in [2.75, 3.05) is 0 Å². The number of esters is 6. The Morgan fingerprint density at radius 3 is 1.25 bits per heavy atom. The molecule has 0 spiro atoms. The second kappa shape index (κ2) is 31.6. The number of hydrogen-bond acceptors (Lipinski definition) is 12. The lowest BCUT2D eigenvalue weighted by atomic mass is 9.46. The van der Waals surface area contributed by atoms with Gasteiger partial charge in [0.25, 0.3) is 0 Å². The van der Waals surface area contributed by atoms with Crippen LogP contribution in [0.1, 0.15) is 322 Å². The number of hydrogen-bond donors (Lipinski definition) is 0. The minimum Gasteiger partial charge on any atom is -0.456 e. The van der Waals surface area contributed by atoms with Gasteiger partial charge < -0.3 is 28.4 Å². The first-order chi connectivity index (χ1) is 49.2. The molecule has 0 aromatic rings. The van der Waals surface area contributed by atoms with Crippen molar-refractivity contribution in [1.29, 1.82) is 0 Å². The van der Waals surface area contributed by atoms with Gasteiger partial charge in [-0.2, -0.15) is 0 Å². The summed E-state index contributed by atoms with van der Waals surface area (Å²) >= 11 is 0. The third-order valence-electron chi connectivity index (χ3n) is 31.9. The molecule has 0 heterocycles. The zero-order valence-electron chi connectivity index (χ0n) is 68.3. The van der Waals surface area contributed by atoms with Gasteiger partial charge in [-0.15, -0.1) is 0 Å². The largest absolute Gasteiger partial charge is 0.456 e. The van der Waals surface area contributed by atoms with E-state index in [1.165, 1.54) is 199 Å². The number of ether oxygens (including phenoxy) is 6. The van der Waals surface area contributed by atoms with E-state index in [2.05, 4.69) is 94.9 Å². The molecule has 0 aliphatic heterocycles. The van der Waals surface area contributed by atoms with Gasteiger partial charge in [0, 0.05) is 56.1 Å². The van der Waals surface area contributed by atoms with Crippen molar-refractivity contribution in [3.8, 4) is 0 Å². The average Bonchev–Trinajstić information content (AvgIpc) is 1.62. The van der Waals surface area contributed by atoms with E-state index >= 15 is 0 Å². The molecule has 0 saturated heterocycles. The zero-order chi connectivity index (χ0) is 76.3. The minimum atomic E-state index is -0.348. The fraction of sp³-hybridized carbons (Fsp3) is 0.806. The average molecular weight is 1450 g/mol. The zero-order valence-corrected chi connectivity index (χ0v) is 68.3. The topological polar surface area (TPSA) is 158 Å². The fourth-order valence-corrected chi connectivity index (χ4v) is 27.0. The smallest absolute Gasteiger partial charge is 0.333 e. The van der Waals surface area contributed by atoms with Crippen LogP contribution in [0.5, 0.6) is 0 Å². The minimum absolute atomic E-state index is 0.194. The summed E-state index contributed by atoms with van der Waals surface area (Å²) in [6, 6.07) is 0. The summed E-state index contributed by atoms with van der Waals surface area (Å²) in [5, 5.41) is 0. The lowest BCUT2D eigenvalue weighted by Crippen LogP contribution is -2.58. The van der Waals surface area contributed by atoms with E-state index in [4.69, 9.17) is 28.4 Å². The Labute approximate surface area is 635 Å². The Balaban J connectivity index is 0.000000126.